The predicted octanol–water partition coefficient (Wildman–Crippen LogP) is 0.157. The first-order valence-electron chi connectivity index (χ1n) is 25.7. The van der Waals surface area contributed by atoms with Crippen LogP contribution in [0.1, 0.15) is 96.1 Å². The van der Waals surface area contributed by atoms with E-state index in [0.717, 1.165) is 36.4 Å². The molecule has 2 aromatic rings. The van der Waals surface area contributed by atoms with E-state index in [1.165, 1.54) is 31.0 Å². The van der Waals surface area contributed by atoms with Crippen LogP contribution in [0.5, 0.6) is 5.75 Å². The quantitative estimate of drug-likeness (QED) is 0.0129. The Bertz CT molecular complexity index is 2590. The number of hydrogen-bond acceptors (Lipinski definition) is 17. The minimum atomic E-state index is -1.78. The molecule has 4 rings (SSSR count). The van der Waals surface area contributed by atoms with Gasteiger partial charge < -0.3 is 64.6 Å². The molecule has 79 heavy (non-hydrogen) atoms. The summed E-state index contributed by atoms with van der Waals surface area (Å²) in [5.74, 6) is -9.49. The standard InChI is InChI=1S/C50H71IN14O12S2/c1-4-26(2)41(61-43(71)32(53)20-28-10-13-30(67)14-11-28)47(75)62-42(27(3)66)48(76)58-35(22-38(54)68)46(74)60-37(25-78)44(72)56-24-39(69)57-34(9-8-18-52)45(73)59-36(21-29-12-15-33(63-64-55)31(51)19-29)49(77)65-40(70)23-50(79-65)16-6-5-7-17-50/h10-15,19,26-27,32,34-37,41-42,66-67,78H,4-9,16-18,20-25,52-53H2,1-3H3,(H2,54,68)(H,56,72)(H,57,69)(H,58,76)(H,59,73)(H,60,74)(H,61,71)(H,62,75)/t26-,27+,32-,34-,35-,36-,37-,41-,42-/m0/s1. The number of hydrogen-bond donors (Lipinski definition) is 13. The van der Waals surface area contributed by atoms with E-state index < -0.39 is 125 Å². The van der Waals surface area contributed by atoms with Gasteiger partial charge in [0.25, 0.3) is 5.91 Å². The molecular formula is C50H71IN14O12S2. The van der Waals surface area contributed by atoms with Crippen molar-refractivity contribution in [1.82, 2.24) is 41.5 Å². The number of nitrogens with one attached hydrogen (secondary N) is 7. The van der Waals surface area contributed by atoms with E-state index in [-0.39, 0.29) is 56.1 Å². The number of nitrogens with zero attached hydrogens (tertiary/aromatic N) is 4. The number of aromatic hydroxyl groups is 1. The first kappa shape index (κ1) is 65.3. The number of phenolic OH excluding ortho intramolecular Hbond substituents is 1. The first-order chi connectivity index (χ1) is 37.4. The van der Waals surface area contributed by atoms with Gasteiger partial charge in [0, 0.05) is 31.8 Å². The highest BCUT2D eigenvalue weighted by Gasteiger charge is 2.49. The van der Waals surface area contributed by atoms with Gasteiger partial charge in [-0.25, -0.2) is 4.31 Å². The third-order valence-electron chi connectivity index (χ3n) is 13.4. The van der Waals surface area contributed by atoms with Crippen molar-refractivity contribution in [3.8, 4) is 5.75 Å². The van der Waals surface area contributed by atoms with E-state index in [2.05, 4.69) is 59.9 Å². The summed E-state index contributed by atoms with van der Waals surface area (Å²) in [6.45, 7) is 3.95. The average molecular weight is 1250 g/mol. The number of rotatable bonds is 29. The van der Waals surface area contributed by atoms with Crippen LogP contribution in [0.2, 0.25) is 0 Å². The zero-order valence-corrected chi connectivity index (χ0v) is 47.9. The van der Waals surface area contributed by atoms with Gasteiger partial charge in [0.1, 0.15) is 42.0 Å². The fourth-order valence-electron chi connectivity index (χ4n) is 8.77. The minimum Gasteiger partial charge on any atom is -0.508 e. The van der Waals surface area contributed by atoms with Crippen LogP contribution in [0, 0.1) is 9.49 Å². The maximum absolute atomic E-state index is 14.3. The summed E-state index contributed by atoms with van der Waals surface area (Å²) in [6, 6.07) is 0.858. The predicted molar refractivity (Wildman–Crippen MR) is 303 cm³/mol. The smallest absolute Gasteiger partial charge is 0.262 e. The number of primary amides is 1. The number of amides is 10. The van der Waals surface area contributed by atoms with Crippen LogP contribution in [-0.2, 0) is 60.8 Å². The number of carbonyl (C=O) groups excluding carboxylic acids is 10. The Balaban J connectivity index is 1.42. The lowest BCUT2D eigenvalue weighted by molar-refractivity contribution is -0.140. The molecule has 432 valence electrons. The van der Waals surface area contributed by atoms with Crippen molar-refractivity contribution in [2.45, 2.75) is 151 Å². The fraction of sp³-hybridized carbons (Fsp3) is 0.560. The first-order valence-corrected chi connectivity index (χ1v) is 28.2. The Hall–Kier alpha value is -6.24. The Kier molecular flexibility index (Phi) is 26.0. The monoisotopic (exact) mass is 1250 g/mol. The summed E-state index contributed by atoms with van der Waals surface area (Å²) in [6.07, 6.45) is 2.68. The molecule has 1 aliphatic carbocycles. The van der Waals surface area contributed by atoms with Crippen molar-refractivity contribution in [3.63, 3.8) is 0 Å². The Labute approximate surface area is 480 Å². The number of aliphatic hydroxyl groups is 1. The maximum Gasteiger partial charge on any atom is 0.262 e. The lowest BCUT2D eigenvalue weighted by Crippen LogP contribution is -2.62. The molecule has 1 saturated carbocycles. The van der Waals surface area contributed by atoms with E-state index in [1.54, 1.807) is 44.2 Å². The van der Waals surface area contributed by atoms with Crippen molar-refractivity contribution in [3.05, 3.63) is 67.6 Å². The van der Waals surface area contributed by atoms with E-state index in [1.807, 2.05) is 22.6 Å². The number of aliphatic hydroxyl groups excluding tert-OH is 1. The number of imide groups is 1. The van der Waals surface area contributed by atoms with Crippen molar-refractivity contribution < 1.29 is 58.2 Å². The lowest BCUT2D eigenvalue weighted by Gasteiger charge is -2.31. The normalized spacial score (nSPS) is 17.2. The largest absolute Gasteiger partial charge is 0.508 e. The highest BCUT2D eigenvalue weighted by molar-refractivity contribution is 14.1. The van der Waals surface area contributed by atoms with Gasteiger partial charge in [0.2, 0.25) is 53.2 Å². The van der Waals surface area contributed by atoms with Gasteiger partial charge in [-0.3, -0.25) is 47.9 Å². The number of halogens is 1. The molecule has 0 bridgehead atoms. The molecule has 1 saturated heterocycles. The summed E-state index contributed by atoms with van der Waals surface area (Å²) in [5.41, 5.74) is 27.8. The summed E-state index contributed by atoms with van der Waals surface area (Å²) >= 11 is 7.31. The third kappa shape index (κ3) is 19.8. The molecule has 9 atom stereocenters. The van der Waals surface area contributed by atoms with Gasteiger partial charge in [-0.2, -0.15) is 12.6 Å². The van der Waals surface area contributed by atoms with Crippen LogP contribution in [0.15, 0.2) is 47.6 Å². The summed E-state index contributed by atoms with van der Waals surface area (Å²) in [4.78, 5) is 138. The number of benzene rings is 2. The van der Waals surface area contributed by atoms with Gasteiger partial charge in [-0.15, -0.1) is 0 Å². The third-order valence-corrected chi connectivity index (χ3v) is 16.1. The van der Waals surface area contributed by atoms with E-state index in [0.29, 0.717) is 26.8 Å². The van der Waals surface area contributed by atoms with E-state index in [4.69, 9.17) is 22.7 Å². The van der Waals surface area contributed by atoms with E-state index >= 15 is 0 Å². The molecule has 0 radical (unpaired) electrons. The molecular weight excluding hydrogens is 1180 g/mol. The lowest BCUT2D eigenvalue weighted by atomic mass is 9.86. The summed E-state index contributed by atoms with van der Waals surface area (Å²) in [7, 11) is 0. The Morgan fingerprint density at radius 1 is 0.823 bits per heavy atom. The van der Waals surface area contributed by atoms with Crippen molar-refractivity contribution in [2.75, 3.05) is 18.8 Å². The minimum absolute atomic E-state index is 0.00316. The number of carbonyl (C=O) groups is 10. The molecule has 0 unspecified atom stereocenters. The van der Waals surface area contributed by atoms with Crippen LogP contribution >= 0.6 is 47.2 Å². The number of phenols is 1. The highest BCUT2D eigenvalue weighted by Crippen LogP contribution is 2.49. The van der Waals surface area contributed by atoms with Crippen molar-refractivity contribution >= 4 is 112 Å². The van der Waals surface area contributed by atoms with Crippen molar-refractivity contribution in [2.24, 2.45) is 28.2 Å². The molecule has 15 N–H and O–H groups in total. The molecule has 1 aliphatic heterocycles. The molecule has 1 heterocycles. The van der Waals surface area contributed by atoms with Gasteiger partial charge in [-0.1, -0.05) is 68.9 Å². The van der Waals surface area contributed by atoms with Crippen LogP contribution < -0.4 is 54.4 Å². The second-order valence-electron chi connectivity index (χ2n) is 19.6. The fourth-order valence-corrected chi connectivity index (χ4v) is 11.1. The zero-order chi connectivity index (χ0) is 58.6. The molecule has 2 fully saturated rings. The summed E-state index contributed by atoms with van der Waals surface area (Å²) in [5, 5.41) is 41.1. The van der Waals surface area contributed by atoms with Crippen molar-refractivity contribution in [1.29, 1.82) is 0 Å². The van der Waals surface area contributed by atoms with Crippen LogP contribution in [0.25, 0.3) is 10.4 Å². The Morgan fingerprint density at radius 2 is 1.43 bits per heavy atom. The van der Waals surface area contributed by atoms with Crippen LogP contribution in [0.3, 0.4) is 0 Å². The van der Waals surface area contributed by atoms with Gasteiger partial charge in [-0.05, 0) is 121 Å². The molecule has 2 aliphatic rings. The van der Waals surface area contributed by atoms with E-state index in [9.17, 15) is 58.2 Å². The Morgan fingerprint density at radius 3 is 2.03 bits per heavy atom. The average Bonchev–Trinajstić information content (AvgIpc) is 3.82. The molecule has 29 heteroatoms. The van der Waals surface area contributed by atoms with Crippen LogP contribution in [0.4, 0.5) is 5.69 Å². The van der Waals surface area contributed by atoms with Gasteiger partial charge >= 0.3 is 0 Å². The number of nitrogens with two attached hydrogens (primary N) is 3. The molecule has 1 spiro atoms. The van der Waals surface area contributed by atoms with Gasteiger partial charge in [0.15, 0.2) is 0 Å². The highest BCUT2D eigenvalue weighted by atomic mass is 127. The molecule has 0 aromatic heterocycles. The van der Waals surface area contributed by atoms with Gasteiger partial charge in [0.05, 0.1) is 30.8 Å². The maximum atomic E-state index is 14.3. The zero-order valence-electron chi connectivity index (χ0n) is 44.1. The number of thiol groups is 1. The molecule has 26 nitrogen and oxygen atoms in total. The molecule has 2 aromatic carbocycles. The second-order valence-corrected chi connectivity index (χ2v) is 22.5. The van der Waals surface area contributed by atoms with Crippen LogP contribution in [-0.4, -0.2) is 146 Å². The SMILES string of the molecule is CC[C@H](C)[C@H](NC(=O)[C@@H](N)Cc1ccc(O)cc1)C(=O)N[C@H](C(=O)N[C@@H](CC(N)=O)C(=O)N[C@@H](CS)C(=O)NCC(=O)N[C@@H](CCCN)C(=O)N[C@@H](Cc1ccc(N=[N+]=[N-])c(I)c1)C(=O)N1SC2(CCCCC2)CC1=O)[C@@H](C)O. The topological polar surface area (TPSA) is 425 Å². The second kappa shape index (κ2) is 31.5. The number of azide groups is 1. The molecule has 10 amide bonds. The summed E-state index contributed by atoms with van der Waals surface area (Å²) < 4.78 is 1.25.